The number of hydrogen-bond acceptors (Lipinski definition) is 8. The summed E-state index contributed by atoms with van der Waals surface area (Å²) in [4.78, 5) is 8.48. The quantitative estimate of drug-likeness (QED) is 0.177. The lowest BCUT2D eigenvalue weighted by atomic mass is 10.1. The molecule has 5 rings (SSSR count). The molecule has 0 amide bonds. The largest absolute Gasteiger partial charge is 0.487 e. The van der Waals surface area contributed by atoms with Gasteiger partial charge in [-0.05, 0) is 66.1 Å². The fraction of sp³-hybridized carbons (Fsp3) is 0.172. The van der Waals surface area contributed by atoms with E-state index in [9.17, 15) is 12.8 Å². The van der Waals surface area contributed by atoms with Gasteiger partial charge in [-0.15, -0.1) is 0 Å². The molecule has 0 aliphatic rings. The van der Waals surface area contributed by atoms with Crippen LogP contribution in [-0.2, 0) is 22.9 Å². The van der Waals surface area contributed by atoms with Gasteiger partial charge in [-0.2, -0.15) is 0 Å². The highest BCUT2D eigenvalue weighted by Crippen LogP contribution is 2.32. The zero-order chi connectivity index (χ0) is 36.0. The van der Waals surface area contributed by atoms with E-state index in [1.165, 1.54) is 6.33 Å². The molecule has 0 aliphatic heterocycles. The van der Waals surface area contributed by atoms with Crippen LogP contribution in [0.15, 0.2) is 83.4 Å². The van der Waals surface area contributed by atoms with Gasteiger partial charge in [-0.1, -0.05) is 23.7 Å². The maximum absolute atomic E-state index is 14.4. The van der Waals surface area contributed by atoms with Crippen LogP contribution in [0.3, 0.4) is 0 Å². The van der Waals surface area contributed by atoms with E-state index in [1.54, 1.807) is 30.3 Å². The van der Waals surface area contributed by atoms with Gasteiger partial charge in [0.15, 0.2) is 0 Å². The molecule has 0 radical (unpaired) electrons. The molecule has 0 bridgehead atoms. The number of rotatable bonds is 11. The molecule has 5 aromatic rings. The summed E-state index contributed by atoms with van der Waals surface area (Å²) < 4.78 is 122. The number of nitrogens with one attached hydrogen (secondary N) is 2. The lowest BCUT2D eigenvalue weighted by Gasteiger charge is -2.12. The molecule has 0 fully saturated rings. The number of sulfone groups is 1. The molecule has 0 spiro atoms. The molecule has 0 saturated carbocycles. The normalized spacial score (nSPS) is 15.1. The van der Waals surface area contributed by atoms with Gasteiger partial charge in [0.05, 0.1) is 35.2 Å². The molecule has 3 aromatic carbocycles. The van der Waals surface area contributed by atoms with Crippen molar-refractivity contribution in [2.24, 2.45) is 0 Å². The summed E-state index contributed by atoms with van der Waals surface area (Å²) in [5.41, 5.74) is -0.245. The lowest BCUT2D eigenvalue weighted by Crippen LogP contribution is -2.21. The SMILES string of the molecule is [2H]c1c([2H])c(F)c([2H])c(C([2H])([2H])Oc2c([2H])c([2H])c(Nc3ncnc4ccc(-c5ccc(CNCCS(C)(=O)=O)o5)cc34)c([2H])c2Cl)c1[2H]. The van der Waals surface area contributed by atoms with Crippen LogP contribution in [0, 0.1) is 5.82 Å². The average Bonchev–Trinajstić information content (AvgIpc) is 3.52. The summed E-state index contributed by atoms with van der Waals surface area (Å²) >= 11 is 6.36. The Hall–Kier alpha value is -3.99. The van der Waals surface area contributed by atoms with E-state index in [4.69, 9.17) is 33.1 Å². The van der Waals surface area contributed by atoms with Crippen molar-refractivity contribution in [3.8, 4) is 17.1 Å². The number of fused-ring (bicyclic) bond motifs is 1. The first-order valence-corrected chi connectivity index (χ1v) is 14.1. The van der Waals surface area contributed by atoms with E-state index < -0.39 is 80.8 Å². The first kappa shape index (κ1) is 18.4. The minimum absolute atomic E-state index is 0.0188. The lowest BCUT2D eigenvalue weighted by molar-refractivity contribution is 0.306. The van der Waals surface area contributed by atoms with E-state index in [-0.39, 0.29) is 23.8 Å². The van der Waals surface area contributed by atoms with Gasteiger partial charge in [-0.3, -0.25) is 0 Å². The van der Waals surface area contributed by atoms with Crippen molar-refractivity contribution < 1.29 is 34.3 Å². The number of hydrogen-bond donors (Lipinski definition) is 2. The van der Waals surface area contributed by atoms with Crippen LogP contribution in [0.2, 0.25) is 5.02 Å². The third-order valence-corrected chi connectivity index (χ3v) is 6.57. The van der Waals surface area contributed by atoms with Crippen LogP contribution in [0.1, 0.15) is 23.7 Å². The minimum atomic E-state index is -3.23. The number of anilines is 2. The molecule has 8 nitrogen and oxygen atoms in total. The molecule has 11 heteroatoms. The van der Waals surface area contributed by atoms with Crippen LogP contribution in [0.4, 0.5) is 15.9 Å². The monoisotopic (exact) mass is 589 g/mol. The maximum Gasteiger partial charge on any atom is 0.148 e. The molecule has 0 aliphatic carbocycles. The summed E-state index contributed by atoms with van der Waals surface area (Å²) in [6.07, 6.45) is 2.39. The molecule has 0 unspecified atom stereocenters. The van der Waals surface area contributed by atoms with E-state index in [2.05, 4.69) is 20.6 Å². The molecule has 206 valence electrons. The first-order valence-electron chi connectivity index (χ1n) is 16.1. The smallest absolute Gasteiger partial charge is 0.148 e. The Balaban J connectivity index is 1.46. The van der Waals surface area contributed by atoms with E-state index in [1.807, 2.05) is 0 Å². The number of ether oxygens (including phenoxy) is 1. The van der Waals surface area contributed by atoms with Crippen LogP contribution in [0.25, 0.3) is 22.2 Å². The predicted octanol–water partition coefficient (Wildman–Crippen LogP) is 6.14. The van der Waals surface area contributed by atoms with Gasteiger partial charge < -0.3 is 19.8 Å². The second kappa shape index (κ2) is 12.0. The van der Waals surface area contributed by atoms with Crippen LogP contribution >= 0.6 is 11.6 Å². The standard InChI is InChI=1S/C29H26ClFN4O4S/c1-40(36,37)12-11-32-16-23-7-10-27(39-23)20-5-8-26-24(14-20)29(34-18-33-26)35-22-6-9-28(25(30)15-22)38-17-19-3-2-4-21(31)13-19/h2-10,13-15,18,32H,11-12,16-17H2,1H3,(H,33,34,35)/i2D,3D,4D,6D,9D,13D,15D,17D2. The Kier molecular flexibility index (Phi) is 5.53. The van der Waals surface area contributed by atoms with Crippen LogP contribution in [0.5, 0.6) is 5.75 Å². The fourth-order valence-corrected chi connectivity index (χ4v) is 4.20. The minimum Gasteiger partial charge on any atom is -0.487 e. The summed E-state index contributed by atoms with van der Waals surface area (Å²) in [6.45, 7) is -2.69. The highest BCUT2D eigenvalue weighted by atomic mass is 35.5. The van der Waals surface area contributed by atoms with Crippen molar-refractivity contribution in [3.63, 3.8) is 0 Å². The molecular weight excluding hydrogens is 555 g/mol. The average molecular weight is 590 g/mol. The predicted molar refractivity (Wildman–Crippen MR) is 154 cm³/mol. The van der Waals surface area contributed by atoms with Gasteiger partial charge in [0.25, 0.3) is 0 Å². The zero-order valence-electron chi connectivity index (χ0n) is 29.8. The van der Waals surface area contributed by atoms with Gasteiger partial charge in [0, 0.05) is 29.4 Å². The second-order valence-electron chi connectivity index (χ2n) is 8.44. The highest BCUT2D eigenvalue weighted by Gasteiger charge is 2.11. The molecule has 2 heterocycles. The van der Waals surface area contributed by atoms with Gasteiger partial charge in [0.1, 0.15) is 51.6 Å². The molecule has 40 heavy (non-hydrogen) atoms. The molecule has 0 atom stereocenters. The Morgan fingerprint density at radius 1 is 1.15 bits per heavy atom. The van der Waals surface area contributed by atoms with Crippen molar-refractivity contribution in [2.45, 2.75) is 13.1 Å². The van der Waals surface area contributed by atoms with Crippen LogP contribution in [-0.4, -0.2) is 36.9 Å². The third kappa shape index (κ3) is 7.15. The first-order chi connectivity index (χ1) is 22.9. The van der Waals surface area contributed by atoms with Crippen molar-refractivity contribution in [2.75, 3.05) is 23.9 Å². The number of nitrogens with zero attached hydrogens (tertiary/aromatic N) is 2. The molecule has 2 N–H and O–H groups in total. The molecular formula is C29H26ClFN4O4S. The second-order valence-corrected chi connectivity index (χ2v) is 11.1. The summed E-state index contributed by atoms with van der Waals surface area (Å²) in [7, 11) is -3.11. The van der Waals surface area contributed by atoms with Gasteiger partial charge >= 0.3 is 0 Å². The topological polar surface area (TPSA) is 106 Å². The van der Waals surface area contributed by atoms with E-state index in [0.29, 0.717) is 34.5 Å². The number of halogens is 2. The Morgan fingerprint density at radius 3 is 2.88 bits per heavy atom. The summed E-state index contributed by atoms with van der Waals surface area (Å²) in [5.74, 6) is -1.21. The fourth-order valence-electron chi connectivity index (χ4n) is 3.50. The molecule has 2 aromatic heterocycles. The zero-order valence-corrected chi connectivity index (χ0v) is 22.3. The maximum atomic E-state index is 14.4. The summed E-state index contributed by atoms with van der Waals surface area (Å²) in [5, 5.41) is 5.64. The van der Waals surface area contributed by atoms with E-state index in [0.717, 1.165) is 6.26 Å². The van der Waals surface area contributed by atoms with Crippen molar-refractivity contribution >= 4 is 43.8 Å². The van der Waals surface area contributed by atoms with Crippen molar-refractivity contribution in [1.82, 2.24) is 15.3 Å². The van der Waals surface area contributed by atoms with Gasteiger partial charge in [-0.25, -0.2) is 22.8 Å². The Labute approximate surface area is 248 Å². The number of benzene rings is 3. The van der Waals surface area contributed by atoms with Gasteiger partial charge in [0.2, 0.25) is 0 Å². The Morgan fingerprint density at radius 2 is 2.02 bits per heavy atom. The summed E-state index contributed by atoms with van der Waals surface area (Å²) in [6, 6.07) is 2.32. The van der Waals surface area contributed by atoms with Crippen molar-refractivity contribution in [1.29, 1.82) is 0 Å². The number of furan rings is 1. The van der Waals surface area contributed by atoms with E-state index >= 15 is 0 Å². The van der Waals surface area contributed by atoms with Crippen molar-refractivity contribution in [3.05, 3.63) is 101 Å². The Bertz CT molecular complexity index is 2170. The highest BCUT2D eigenvalue weighted by molar-refractivity contribution is 7.90. The van der Waals surface area contributed by atoms with Crippen LogP contribution < -0.4 is 15.4 Å². The molecule has 0 saturated heterocycles. The number of aromatic nitrogens is 2. The third-order valence-electron chi connectivity index (χ3n) is 5.36.